The number of nitrogen functional groups attached to an aromatic ring is 1. The van der Waals surface area contributed by atoms with Crippen LogP contribution in [0, 0.1) is 0 Å². The molecule has 9 nitrogen and oxygen atoms in total. The molecular weight excluding hydrogens is 486 g/mol. The molecule has 35 heavy (non-hydrogen) atoms. The molecule has 3 aromatic rings. The second-order valence-electron chi connectivity index (χ2n) is 8.15. The number of nitrogens with one attached hydrogen (secondary N) is 1. The maximum Gasteiger partial charge on any atom is 0.243 e. The normalized spacial score (nSPS) is 14.4. The van der Waals surface area contributed by atoms with Crippen LogP contribution in [0.15, 0.2) is 59.8 Å². The van der Waals surface area contributed by atoms with Crippen molar-refractivity contribution in [3.8, 4) is 0 Å². The molecular formula is C24H30ClN7O2S. The predicted octanol–water partition coefficient (Wildman–Crippen LogP) is 3.81. The molecule has 1 aliphatic rings. The van der Waals surface area contributed by atoms with Gasteiger partial charge in [-0.1, -0.05) is 31.5 Å². The highest BCUT2D eigenvalue weighted by atomic mass is 35.5. The third-order valence-corrected chi connectivity index (χ3v) is 8.37. The molecule has 186 valence electrons. The standard InChI is InChI=1S/C24H30ClN7O2S/c1-3-32(4-2)35(33,34)21-10-8-19(9-11-21)29-23-22(26)24(28-17-27-23)31-14-12-30(13-15-31)20-7-5-6-18(25)16-20/h5-11,16-17H,3-4,12-15,26H2,1-2H3,(H,27,28,29). The van der Waals surface area contributed by atoms with Crippen molar-refractivity contribution in [3.63, 3.8) is 0 Å². The smallest absolute Gasteiger partial charge is 0.243 e. The van der Waals surface area contributed by atoms with E-state index in [9.17, 15) is 8.42 Å². The second kappa shape index (κ2) is 10.7. The molecule has 0 aliphatic carbocycles. The molecule has 4 rings (SSSR count). The summed E-state index contributed by atoms with van der Waals surface area (Å²) >= 11 is 6.14. The minimum Gasteiger partial charge on any atom is -0.393 e. The first-order valence-corrected chi connectivity index (χ1v) is 13.4. The number of sulfonamides is 1. The number of hydrogen-bond donors (Lipinski definition) is 2. The van der Waals surface area contributed by atoms with Crippen molar-refractivity contribution in [2.75, 3.05) is 60.1 Å². The third kappa shape index (κ3) is 5.44. The van der Waals surface area contributed by atoms with Gasteiger partial charge in [0, 0.05) is 55.7 Å². The van der Waals surface area contributed by atoms with E-state index < -0.39 is 10.0 Å². The molecule has 3 N–H and O–H groups in total. The highest BCUT2D eigenvalue weighted by Gasteiger charge is 2.23. The van der Waals surface area contributed by atoms with Gasteiger partial charge in [0.2, 0.25) is 10.0 Å². The zero-order valence-corrected chi connectivity index (χ0v) is 21.4. The van der Waals surface area contributed by atoms with Crippen molar-refractivity contribution in [2.45, 2.75) is 18.7 Å². The lowest BCUT2D eigenvalue weighted by Gasteiger charge is -2.37. The Labute approximate surface area is 211 Å². The van der Waals surface area contributed by atoms with E-state index in [4.69, 9.17) is 17.3 Å². The quantitative estimate of drug-likeness (QED) is 0.466. The Morgan fingerprint density at radius 2 is 1.66 bits per heavy atom. The van der Waals surface area contributed by atoms with E-state index in [1.54, 1.807) is 24.3 Å². The number of nitrogens with zero attached hydrogens (tertiary/aromatic N) is 5. The van der Waals surface area contributed by atoms with Crippen molar-refractivity contribution in [2.24, 2.45) is 0 Å². The molecule has 0 unspecified atom stereocenters. The molecule has 11 heteroatoms. The first-order valence-electron chi connectivity index (χ1n) is 11.6. The first-order chi connectivity index (χ1) is 16.8. The van der Waals surface area contributed by atoms with Crippen LogP contribution in [-0.2, 0) is 10.0 Å². The van der Waals surface area contributed by atoms with Gasteiger partial charge in [-0.05, 0) is 42.5 Å². The summed E-state index contributed by atoms with van der Waals surface area (Å²) < 4.78 is 26.9. The summed E-state index contributed by atoms with van der Waals surface area (Å²) in [6, 6.07) is 14.4. The zero-order valence-electron chi connectivity index (χ0n) is 19.9. The van der Waals surface area contributed by atoms with E-state index in [0.717, 1.165) is 36.9 Å². The summed E-state index contributed by atoms with van der Waals surface area (Å²) in [6.45, 7) is 7.63. The van der Waals surface area contributed by atoms with Crippen molar-refractivity contribution in [1.82, 2.24) is 14.3 Å². The van der Waals surface area contributed by atoms with E-state index >= 15 is 0 Å². The first kappa shape index (κ1) is 25.0. The van der Waals surface area contributed by atoms with Crippen LogP contribution in [0.4, 0.5) is 28.7 Å². The van der Waals surface area contributed by atoms with Crippen molar-refractivity contribution < 1.29 is 8.42 Å². The van der Waals surface area contributed by atoms with Crippen LogP contribution in [0.25, 0.3) is 0 Å². The Morgan fingerprint density at radius 1 is 1.00 bits per heavy atom. The van der Waals surface area contributed by atoms with Gasteiger partial charge in [-0.3, -0.25) is 0 Å². The van der Waals surface area contributed by atoms with Crippen LogP contribution in [0.5, 0.6) is 0 Å². The molecule has 1 saturated heterocycles. The van der Waals surface area contributed by atoms with Crippen molar-refractivity contribution >= 4 is 50.3 Å². The number of halogens is 1. The molecule has 0 atom stereocenters. The summed E-state index contributed by atoms with van der Waals surface area (Å²) in [5, 5.41) is 3.91. The van der Waals surface area contributed by atoms with E-state index in [1.165, 1.54) is 10.6 Å². The third-order valence-electron chi connectivity index (χ3n) is 6.08. The lowest BCUT2D eigenvalue weighted by atomic mass is 10.2. The molecule has 0 saturated carbocycles. The topological polar surface area (TPSA) is 108 Å². The van der Waals surface area contributed by atoms with Crippen LogP contribution in [0.2, 0.25) is 5.02 Å². The van der Waals surface area contributed by atoms with Gasteiger partial charge in [0.25, 0.3) is 0 Å². The van der Waals surface area contributed by atoms with Gasteiger partial charge in [-0.15, -0.1) is 0 Å². The highest BCUT2D eigenvalue weighted by Crippen LogP contribution is 2.30. The van der Waals surface area contributed by atoms with Crippen LogP contribution in [0.3, 0.4) is 0 Å². The van der Waals surface area contributed by atoms with Crippen LogP contribution < -0.4 is 20.9 Å². The minimum atomic E-state index is -3.51. The van der Waals surface area contributed by atoms with Gasteiger partial charge in [0.15, 0.2) is 11.6 Å². The summed E-state index contributed by atoms with van der Waals surface area (Å²) in [4.78, 5) is 13.4. The molecule has 0 bridgehead atoms. The largest absolute Gasteiger partial charge is 0.393 e. The monoisotopic (exact) mass is 515 g/mol. The summed E-state index contributed by atoms with van der Waals surface area (Å²) in [6.07, 6.45) is 1.48. The van der Waals surface area contributed by atoms with Gasteiger partial charge in [-0.25, -0.2) is 18.4 Å². The number of anilines is 5. The highest BCUT2D eigenvalue weighted by molar-refractivity contribution is 7.89. The molecule has 1 fully saturated rings. The number of rotatable bonds is 8. The Balaban J connectivity index is 1.45. The van der Waals surface area contributed by atoms with E-state index in [1.807, 2.05) is 32.0 Å². The van der Waals surface area contributed by atoms with E-state index in [-0.39, 0.29) is 4.90 Å². The zero-order chi connectivity index (χ0) is 25.0. The van der Waals surface area contributed by atoms with Crippen LogP contribution >= 0.6 is 11.6 Å². The number of nitrogens with two attached hydrogens (primary N) is 1. The number of aromatic nitrogens is 2. The fraction of sp³-hybridized carbons (Fsp3) is 0.333. The summed E-state index contributed by atoms with van der Waals surface area (Å²) in [7, 11) is -3.51. The predicted molar refractivity (Wildman–Crippen MR) is 142 cm³/mol. The molecule has 2 heterocycles. The Kier molecular flexibility index (Phi) is 7.63. The molecule has 1 aromatic heterocycles. The lowest BCUT2D eigenvalue weighted by Crippen LogP contribution is -2.47. The number of piperazine rings is 1. The molecule has 0 amide bonds. The summed E-state index contributed by atoms with van der Waals surface area (Å²) in [5.74, 6) is 1.15. The van der Waals surface area contributed by atoms with Gasteiger partial charge in [-0.2, -0.15) is 4.31 Å². The second-order valence-corrected chi connectivity index (χ2v) is 10.5. The Hall–Kier alpha value is -3.08. The fourth-order valence-corrected chi connectivity index (χ4v) is 5.79. The van der Waals surface area contributed by atoms with Crippen LogP contribution in [-0.4, -0.2) is 62.0 Å². The fourth-order valence-electron chi connectivity index (χ4n) is 4.15. The number of hydrogen-bond acceptors (Lipinski definition) is 8. The van der Waals surface area contributed by atoms with Crippen molar-refractivity contribution in [1.29, 1.82) is 0 Å². The maximum atomic E-state index is 12.7. The van der Waals surface area contributed by atoms with Crippen molar-refractivity contribution in [3.05, 3.63) is 59.9 Å². The van der Waals surface area contributed by atoms with Gasteiger partial charge in [0.05, 0.1) is 4.90 Å². The Morgan fingerprint density at radius 3 is 2.29 bits per heavy atom. The number of benzene rings is 2. The molecule has 2 aromatic carbocycles. The average Bonchev–Trinajstić information content (AvgIpc) is 2.86. The van der Waals surface area contributed by atoms with Gasteiger partial charge in [0.1, 0.15) is 12.0 Å². The molecule has 0 spiro atoms. The van der Waals surface area contributed by atoms with E-state index in [0.29, 0.717) is 36.1 Å². The van der Waals surface area contributed by atoms with Crippen LogP contribution in [0.1, 0.15) is 13.8 Å². The Bertz CT molecular complexity index is 1260. The molecule has 1 aliphatic heterocycles. The minimum absolute atomic E-state index is 0.251. The average molecular weight is 516 g/mol. The van der Waals surface area contributed by atoms with Gasteiger partial charge >= 0.3 is 0 Å². The SMILES string of the molecule is CCN(CC)S(=O)(=O)c1ccc(Nc2ncnc(N3CCN(c4cccc(Cl)c4)CC3)c2N)cc1. The molecule has 0 radical (unpaired) electrons. The van der Waals surface area contributed by atoms with E-state index in [2.05, 4.69) is 31.2 Å². The maximum absolute atomic E-state index is 12.7. The summed E-state index contributed by atoms with van der Waals surface area (Å²) in [5.41, 5.74) is 8.67. The lowest BCUT2D eigenvalue weighted by molar-refractivity contribution is 0.445. The van der Waals surface area contributed by atoms with Gasteiger partial charge < -0.3 is 20.9 Å².